The number of rotatable bonds is 0. The molecule has 0 unspecified atom stereocenters. The molecule has 0 bridgehead atoms. The number of aryl methyl sites for hydroxylation is 1. The second-order valence-electron chi connectivity index (χ2n) is 1.69. The van der Waals surface area contributed by atoms with Crippen LogP contribution in [0.15, 0.2) is 21.5 Å². The van der Waals surface area contributed by atoms with Crippen molar-refractivity contribution >= 4 is 0 Å². The van der Waals surface area contributed by atoms with E-state index in [2.05, 4.69) is 4.42 Å². The van der Waals surface area contributed by atoms with Crippen LogP contribution in [0.5, 0.6) is 5.75 Å². The van der Waals surface area contributed by atoms with Crippen LogP contribution in [0, 0.1) is 6.92 Å². The second kappa shape index (κ2) is 3.52. The largest absolute Gasteiger partial charge is 0.502 e. The van der Waals surface area contributed by atoms with Gasteiger partial charge in [-0.05, 0) is 6.92 Å². The number of aromatic hydroxyl groups is 1. The molecule has 0 aliphatic carbocycles. The fourth-order valence-electron chi connectivity index (χ4n) is 0.506. The van der Waals surface area contributed by atoms with E-state index >= 15 is 0 Å². The summed E-state index contributed by atoms with van der Waals surface area (Å²) in [7, 11) is 0. The zero-order valence-corrected chi connectivity index (χ0v) is 8.59. The zero-order valence-electron chi connectivity index (χ0n) is 5.63. The maximum absolute atomic E-state index is 10.5. The van der Waals surface area contributed by atoms with Crippen molar-refractivity contribution in [1.29, 1.82) is 0 Å². The third-order valence-electron chi connectivity index (χ3n) is 1.03. The summed E-state index contributed by atoms with van der Waals surface area (Å²) in [5.41, 5.74) is -0.404. The van der Waals surface area contributed by atoms with Crippen LogP contribution in [0.25, 0.3) is 0 Å². The van der Waals surface area contributed by atoms with E-state index in [0.29, 0.717) is 0 Å². The molecule has 0 aromatic carbocycles. The van der Waals surface area contributed by atoms with Crippen LogP contribution in [0.1, 0.15) is 5.76 Å². The molecule has 1 aromatic rings. The topological polar surface area (TPSA) is 50.4 Å². The minimum Gasteiger partial charge on any atom is -0.502 e. The normalized spacial score (nSPS) is 8.50. The molecule has 0 radical (unpaired) electrons. The fourth-order valence-corrected chi connectivity index (χ4v) is 0.506. The average Bonchev–Trinajstić information content (AvgIpc) is 1.83. The molecule has 0 atom stereocenters. The molecule has 0 saturated carbocycles. The van der Waals surface area contributed by atoms with Gasteiger partial charge in [0.2, 0.25) is 11.2 Å². The van der Waals surface area contributed by atoms with Crippen molar-refractivity contribution in [3.63, 3.8) is 0 Å². The van der Waals surface area contributed by atoms with Crippen molar-refractivity contribution in [1.82, 2.24) is 0 Å². The summed E-state index contributed by atoms with van der Waals surface area (Å²) in [6, 6.07) is 1.17. The van der Waals surface area contributed by atoms with Crippen molar-refractivity contribution < 1.29 is 29.0 Å². The Morgan fingerprint density at radius 2 is 2.20 bits per heavy atom. The molecule has 0 saturated heterocycles. The summed E-state index contributed by atoms with van der Waals surface area (Å²) < 4.78 is 4.69. The van der Waals surface area contributed by atoms with E-state index in [1.165, 1.54) is 19.3 Å². The Labute approximate surface area is 70.4 Å². The molecular weight excluding hydrogens is 185 g/mol. The first-order valence-electron chi connectivity index (χ1n) is 2.49. The van der Waals surface area contributed by atoms with Crippen LogP contribution in [-0.4, -0.2) is 5.11 Å². The summed E-state index contributed by atoms with van der Waals surface area (Å²) in [6.45, 7) is 1.52. The van der Waals surface area contributed by atoms with Crippen LogP contribution in [-0.2, 0) is 19.5 Å². The van der Waals surface area contributed by atoms with Crippen molar-refractivity contribution in [3.05, 3.63) is 28.3 Å². The minimum absolute atomic E-state index is 0. The Hall–Kier alpha value is -0.627. The Balaban J connectivity index is 0.000000810. The van der Waals surface area contributed by atoms with Crippen molar-refractivity contribution in [2.45, 2.75) is 6.92 Å². The van der Waals surface area contributed by atoms with Gasteiger partial charge in [-0.2, -0.15) is 0 Å². The maximum atomic E-state index is 10.5. The van der Waals surface area contributed by atoms with E-state index < -0.39 is 5.43 Å². The first-order valence-corrected chi connectivity index (χ1v) is 2.49. The SMILES string of the molecule is Cc1occc(=O)c1O.[Zn]. The van der Waals surface area contributed by atoms with Crippen LogP contribution >= 0.6 is 0 Å². The van der Waals surface area contributed by atoms with Crippen molar-refractivity contribution in [3.8, 4) is 5.75 Å². The molecule has 0 spiro atoms. The van der Waals surface area contributed by atoms with E-state index in [9.17, 15) is 4.79 Å². The maximum Gasteiger partial charge on any atom is 0.226 e. The van der Waals surface area contributed by atoms with E-state index in [-0.39, 0.29) is 31.0 Å². The molecule has 1 rings (SSSR count). The molecule has 3 nitrogen and oxygen atoms in total. The monoisotopic (exact) mass is 190 g/mol. The summed E-state index contributed by atoms with van der Waals surface area (Å²) >= 11 is 0. The number of hydrogen-bond donors (Lipinski definition) is 1. The Bertz CT molecular complexity index is 266. The summed E-state index contributed by atoms with van der Waals surface area (Å²) in [6.07, 6.45) is 1.25. The molecule has 0 fully saturated rings. The van der Waals surface area contributed by atoms with Gasteiger partial charge in [0.1, 0.15) is 5.76 Å². The van der Waals surface area contributed by atoms with Crippen molar-refractivity contribution in [2.24, 2.45) is 0 Å². The average molecular weight is 192 g/mol. The second-order valence-corrected chi connectivity index (χ2v) is 1.69. The minimum atomic E-state index is -0.404. The van der Waals surface area contributed by atoms with Gasteiger partial charge >= 0.3 is 0 Å². The quantitative estimate of drug-likeness (QED) is 0.613. The Morgan fingerprint density at radius 3 is 2.60 bits per heavy atom. The molecule has 1 N–H and O–H groups in total. The van der Waals surface area contributed by atoms with Gasteiger partial charge in [0.05, 0.1) is 6.26 Å². The first kappa shape index (κ1) is 9.37. The zero-order chi connectivity index (χ0) is 6.85. The molecule has 1 heterocycles. The van der Waals surface area contributed by atoms with Gasteiger partial charge in [-0.1, -0.05) is 0 Å². The summed E-state index contributed by atoms with van der Waals surface area (Å²) in [4.78, 5) is 10.5. The van der Waals surface area contributed by atoms with Gasteiger partial charge in [-0.3, -0.25) is 4.79 Å². The molecule has 0 amide bonds. The Kier molecular flexibility index (Phi) is 3.30. The molecular formula is C6H6O3Zn. The van der Waals surface area contributed by atoms with Gasteiger partial charge in [0, 0.05) is 25.5 Å². The van der Waals surface area contributed by atoms with Crippen LogP contribution < -0.4 is 5.43 Å². The van der Waals surface area contributed by atoms with E-state index in [1.807, 2.05) is 0 Å². The van der Waals surface area contributed by atoms with Crippen LogP contribution in [0.2, 0.25) is 0 Å². The molecule has 4 heteroatoms. The van der Waals surface area contributed by atoms with Gasteiger partial charge in [-0.25, -0.2) is 0 Å². The van der Waals surface area contributed by atoms with E-state index in [1.54, 1.807) is 0 Å². The number of hydrogen-bond acceptors (Lipinski definition) is 3. The smallest absolute Gasteiger partial charge is 0.226 e. The van der Waals surface area contributed by atoms with Gasteiger partial charge < -0.3 is 9.52 Å². The van der Waals surface area contributed by atoms with E-state index in [0.717, 1.165) is 0 Å². The molecule has 50 valence electrons. The fraction of sp³-hybridized carbons (Fsp3) is 0.167. The van der Waals surface area contributed by atoms with Gasteiger partial charge in [0.25, 0.3) is 0 Å². The standard InChI is InChI=1S/C6H6O3.Zn/c1-4-6(8)5(7)2-3-9-4;/h2-3,8H,1H3;. The molecule has 0 aliphatic rings. The summed E-state index contributed by atoms with van der Waals surface area (Å²) in [5.74, 6) is -0.0556. The first-order chi connectivity index (χ1) is 4.22. The molecule has 10 heavy (non-hydrogen) atoms. The third-order valence-corrected chi connectivity index (χ3v) is 1.03. The molecule has 0 aliphatic heterocycles. The predicted molar refractivity (Wildman–Crippen MR) is 31.4 cm³/mol. The third kappa shape index (κ3) is 1.67. The van der Waals surface area contributed by atoms with Crippen LogP contribution in [0.4, 0.5) is 0 Å². The summed E-state index contributed by atoms with van der Waals surface area (Å²) in [5, 5.41) is 8.80. The van der Waals surface area contributed by atoms with E-state index in [4.69, 9.17) is 5.11 Å². The predicted octanol–water partition coefficient (Wildman–Crippen LogP) is 0.651. The van der Waals surface area contributed by atoms with Crippen molar-refractivity contribution in [2.75, 3.05) is 0 Å². The molecule has 1 aromatic heterocycles. The Morgan fingerprint density at radius 1 is 1.60 bits per heavy atom. The van der Waals surface area contributed by atoms with Crippen LogP contribution in [0.3, 0.4) is 0 Å². The van der Waals surface area contributed by atoms with Gasteiger partial charge in [0.15, 0.2) is 0 Å². The van der Waals surface area contributed by atoms with Gasteiger partial charge in [-0.15, -0.1) is 0 Å².